The van der Waals surface area contributed by atoms with E-state index in [9.17, 15) is 0 Å². The first-order chi connectivity index (χ1) is 8.48. The molecule has 0 fully saturated rings. The average Bonchev–Trinajstić information content (AvgIpc) is 2.32. The van der Waals surface area contributed by atoms with Crippen molar-refractivity contribution in [3.05, 3.63) is 35.4 Å². The van der Waals surface area contributed by atoms with Gasteiger partial charge in [0.2, 0.25) is 0 Å². The topological polar surface area (TPSA) is 12.0 Å². The van der Waals surface area contributed by atoms with E-state index < -0.39 is 0 Å². The normalized spacial score (nSPS) is 14.8. The lowest BCUT2D eigenvalue weighted by Gasteiger charge is -2.34. The molecule has 0 radical (unpaired) electrons. The van der Waals surface area contributed by atoms with E-state index in [0.717, 1.165) is 19.5 Å². The zero-order chi connectivity index (χ0) is 13.6. The van der Waals surface area contributed by atoms with Gasteiger partial charge in [0.15, 0.2) is 0 Å². The molecule has 0 heterocycles. The molecule has 1 aromatic carbocycles. The van der Waals surface area contributed by atoms with E-state index in [-0.39, 0.29) is 0 Å². The number of nitrogens with one attached hydrogen (secondary N) is 1. The third kappa shape index (κ3) is 4.45. The summed E-state index contributed by atoms with van der Waals surface area (Å²) >= 11 is 0. The Morgan fingerprint density at radius 3 is 2.28 bits per heavy atom. The number of aryl methyl sites for hydroxylation is 1. The van der Waals surface area contributed by atoms with Gasteiger partial charge in [0, 0.05) is 6.54 Å². The zero-order valence-corrected chi connectivity index (χ0v) is 12.7. The fourth-order valence-corrected chi connectivity index (χ4v) is 2.19. The lowest BCUT2D eigenvalue weighted by molar-refractivity contribution is 0.207. The van der Waals surface area contributed by atoms with Crippen molar-refractivity contribution in [2.24, 2.45) is 11.3 Å². The molecule has 0 bridgehead atoms. The molecule has 1 rings (SSSR count). The minimum atomic E-state index is 0.338. The molecular weight excluding hydrogens is 218 g/mol. The summed E-state index contributed by atoms with van der Waals surface area (Å²) in [4.78, 5) is 0. The first kappa shape index (κ1) is 15.2. The van der Waals surface area contributed by atoms with Gasteiger partial charge in [0.25, 0.3) is 0 Å². The Labute approximate surface area is 113 Å². The molecule has 1 N–H and O–H groups in total. The first-order valence-corrected chi connectivity index (χ1v) is 7.24. The van der Waals surface area contributed by atoms with Gasteiger partial charge in [-0.15, -0.1) is 0 Å². The fourth-order valence-electron chi connectivity index (χ4n) is 2.19. The molecule has 0 spiro atoms. The molecule has 0 aliphatic rings. The van der Waals surface area contributed by atoms with Crippen molar-refractivity contribution in [2.75, 3.05) is 13.1 Å². The maximum absolute atomic E-state index is 3.59. The minimum Gasteiger partial charge on any atom is -0.316 e. The number of benzene rings is 1. The summed E-state index contributed by atoms with van der Waals surface area (Å²) in [5.74, 6) is 0.683. The van der Waals surface area contributed by atoms with Crippen molar-refractivity contribution < 1.29 is 0 Å². The standard InChI is InChI=1S/C17H29N/c1-6-11-18-13-17(5,14(2)3)12-16-9-7-15(4)8-10-16/h7-10,14,18H,6,11-13H2,1-5H3. The van der Waals surface area contributed by atoms with Crippen LogP contribution in [0.1, 0.15) is 45.2 Å². The van der Waals surface area contributed by atoms with Gasteiger partial charge in [0.1, 0.15) is 0 Å². The Kier molecular flexibility index (Phi) is 5.87. The molecule has 1 unspecified atom stereocenters. The van der Waals surface area contributed by atoms with E-state index in [1.54, 1.807) is 0 Å². The molecule has 18 heavy (non-hydrogen) atoms. The van der Waals surface area contributed by atoms with Crippen LogP contribution < -0.4 is 5.32 Å². The van der Waals surface area contributed by atoms with Crippen molar-refractivity contribution in [3.8, 4) is 0 Å². The summed E-state index contributed by atoms with van der Waals surface area (Å²) in [6, 6.07) is 8.98. The fraction of sp³-hybridized carbons (Fsp3) is 0.647. The number of hydrogen-bond donors (Lipinski definition) is 1. The predicted molar refractivity (Wildman–Crippen MR) is 81.0 cm³/mol. The summed E-state index contributed by atoms with van der Waals surface area (Å²) < 4.78 is 0. The van der Waals surface area contributed by atoms with Gasteiger partial charge in [-0.3, -0.25) is 0 Å². The van der Waals surface area contributed by atoms with E-state index in [2.05, 4.69) is 64.2 Å². The van der Waals surface area contributed by atoms with Gasteiger partial charge in [0.05, 0.1) is 0 Å². The summed E-state index contributed by atoms with van der Waals surface area (Å²) in [5, 5.41) is 3.59. The third-order valence-electron chi connectivity index (χ3n) is 4.08. The van der Waals surface area contributed by atoms with E-state index in [1.807, 2.05) is 0 Å². The monoisotopic (exact) mass is 247 g/mol. The lowest BCUT2D eigenvalue weighted by atomic mass is 9.74. The van der Waals surface area contributed by atoms with Gasteiger partial charge in [-0.25, -0.2) is 0 Å². The molecule has 1 nitrogen and oxygen atoms in total. The molecule has 1 atom stereocenters. The largest absolute Gasteiger partial charge is 0.316 e. The highest BCUT2D eigenvalue weighted by molar-refractivity contribution is 5.22. The van der Waals surface area contributed by atoms with Crippen LogP contribution >= 0.6 is 0 Å². The summed E-state index contributed by atoms with van der Waals surface area (Å²) in [6.45, 7) is 13.7. The van der Waals surface area contributed by atoms with Gasteiger partial charge >= 0.3 is 0 Å². The van der Waals surface area contributed by atoms with Crippen LogP contribution in [0.25, 0.3) is 0 Å². The molecule has 0 saturated carbocycles. The first-order valence-electron chi connectivity index (χ1n) is 7.24. The van der Waals surface area contributed by atoms with Crippen LogP contribution in [-0.4, -0.2) is 13.1 Å². The van der Waals surface area contributed by atoms with Crippen molar-refractivity contribution in [1.82, 2.24) is 5.32 Å². The van der Waals surface area contributed by atoms with Gasteiger partial charge in [-0.05, 0) is 43.2 Å². The van der Waals surface area contributed by atoms with Crippen molar-refractivity contribution >= 4 is 0 Å². The summed E-state index contributed by atoms with van der Waals surface area (Å²) in [7, 11) is 0. The van der Waals surface area contributed by atoms with Crippen LogP contribution in [0.2, 0.25) is 0 Å². The Balaban J connectivity index is 2.69. The maximum Gasteiger partial charge on any atom is 0.00108 e. The van der Waals surface area contributed by atoms with Crippen LogP contribution in [-0.2, 0) is 6.42 Å². The molecule has 0 aliphatic carbocycles. The number of hydrogen-bond acceptors (Lipinski definition) is 1. The maximum atomic E-state index is 3.59. The summed E-state index contributed by atoms with van der Waals surface area (Å²) in [6.07, 6.45) is 2.36. The Bertz CT molecular complexity index is 339. The second kappa shape index (κ2) is 6.94. The molecule has 0 aromatic heterocycles. The summed E-state index contributed by atoms with van der Waals surface area (Å²) in [5.41, 5.74) is 3.13. The van der Waals surface area contributed by atoms with Crippen LogP contribution in [0, 0.1) is 18.3 Å². The van der Waals surface area contributed by atoms with Crippen molar-refractivity contribution in [2.45, 2.75) is 47.5 Å². The highest BCUT2D eigenvalue weighted by Crippen LogP contribution is 2.30. The number of rotatable bonds is 7. The van der Waals surface area contributed by atoms with Crippen LogP contribution in [0.4, 0.5) is 0 Å². The smallest absolute Gasteiger partial charge is 0.00108 e. The predicted octanol–water partition coefficient (Wildman–Crippen LogP) is 4.20. The van der Waals surface area contributed by atoms with E-state index in [0.29, 0.717) is 11.3 Å². The van der Waals surface area contributed by atoms with E-state index in [1.165, 1.54) is 17.5 Å². The van der Waals surface area contributed by atoms with Crippen LogP contribution in [0.15, 0.2) is 24.3 Å². The molecule has 0 aliphatic heterocycles. The highest BCUT2D eigenvalue weighted by atomic mass is 14.9. The van der Waals surface area contributed by atoms with E-state index >= 15 is 0 Å². The Hall–Kier alpha value is -0.820. The van der Waals surface area contributed by atoms with Crippen LogP contribution in [0.3, 0.4) is 0 Å². The highest BCUT2D eigenvalue weighted by Gasteiger charge is 2.28. The molecule has 1 heteroatoms. The SMILES string of the molecule is CCCNCC(C)(Cc1ccc(C)cc1)C(C)C. The Morgan fingerprint density at radius 2 is 1.78 bits per heavy atom. The lowest BCUT2D eigenvalue weighted by Crippen LogP contribution is -2.38. The quantitative estimate of drug-likeness (QED) is 0.712. The molecule has 0 saturated heterocycles. The van der Waals surface area contributed by atoms with Gasteiger partial charge < -0.3 is 5.32 Å². The van der Waals surface area contributed by atoms with Crippen molar-refractivity contribution in [1.29, 1.82) is 0 Å². The Morgan fingerprint density at radius 1 is 1.17 bits per heavy atom. The molecule has 1 aromatic rings. The molecular formula is C17H29N. The second-order valence-corrected chi connectivity index (χ2v) is 6.15. The second-order valence-electron chi connectivity index (χ2n) is 6.15. The van der Waals surface area contributed by atoms with Gasteiger partial charge in [-0.2, -0.15) is 0 Å². The third-order valence-corrected chi connectivity index (χ3v) is 4.08. The van der Waals surface area contributed by atoms with Gasteiger partial charge in [-0.1, -0.05) is 57.5 Å². The van der Waals surface area contributed by atoms with Crippen molar-refractivity contribution in [3.63, 3.8) is 0 Å². The van der Waals surface area contributed by atoms with E-state index in [4.69, 9.17) is 0 Å². The molecule has 0 amide bonds. The zero-order valence-electron chi connectivity index (χ0n) is 12.7. The molecule has 102 valence electrons. The minimum absolute atomic E-state index is 0.338. The van der Waals surface area contributed by atoms with Crippen LogP contribution in [0.5, 0.6) is 0 Å². The average molecular weight is 247 g/mol.